The van der Waals surface area contributed by atoms with E-state index in [2.05, 4.69) is 5.32 Å². The summed E-state index contributed by atoms with van der Waals surface area (Å²) in [5.74, 6) is -1.13. The van der Waals surface area contributed by atoms with Crippen LogP contribution in [-0.2, 0) is 19.1 Å². The van der Waals surface area contributed by atoms with Crippen LogP contribution >= 0.6 is 0 Å². The fraction of sp³-hybridized carbons (Fsp3) is 0.600. The molecule has 26 heavy (non-hydrogen) atoms. The summed E-state index contributed by atoms with van der Waals surface area (Å²) in [5.41, 5.74) is -1.28. The average molecular weight is 361 g/mol. The minimum atomic E-state index is -1.60. The predicted octanol–water partition coefficient (Wildman–Crippen LogP) is 3.25. The molecule has 1 aromatic rings. The zero-order chi connectivity index (χ0) is 18.6. The summed E-state index contributed by atoms with van der Waals surface area (Å²) in [4.78, 5) is 25.6. The Kier molecular flexibility index (Phi) is 5.69. The van der Waals surface area contributed by atoms with Crippen LogP contribution in [-0.4, -0.2) is 35.8 Å². The minimum absolute atomic E-state index is 0.0210. The molecule has 1 saturated carbocycles. The van der Waals surface area contributed by atoms with Gasteiger partial charge in [-0.25, -0.2) is 9.59 Å². The van der Waals surface area contributed by atoms with Crippen molar-refractivity contribution < 1.29 is 24.2 Å². The van der Waals surface area contributed by atoms with Gasteiger partial charge >= 0.3 is 11.9 Å². The van der Waals surface area contributed by atoms with Gasteiger partial charge in [-0.3, -0.25) is 0 Å². The SMILES string of the molecule is CCOC(=O)[C@]1(Nc2ccccc2O)C(=O)OC[C@@H]1CC1CCCCC1. The molecule has 1 aromatic carbocycles. The Hall–Kier alpha value is -2.24. The minimum Gasteiger partial charge on any atom is -0.506 e. The molecule has 1 saturated heterocycles. The van der Waals surface area contributed by atoms with Gasteiger partial charge in [0, 0.05) is 5.92 Å². The van der Waals surface area contributed by atoms with Crippen LogP contribution in [0.2, 0.25) is 0 Å². The fourth-order valence-corrected chi connectivity index (χ4v) is 4.14. The van der Waals surface area contributed by atoms with Crippen LogP contribution in [0.3, 0.4) is 0 Å². The molecular weight excluding hydrogens is 334 g/mol. The van der Waals surface area contributed by atoms with E-state index in [1.165, 1.54) is 25.3 Å². The zero-order valence-electron chi connectivity index (χ0n) is 15.2. The fourth-order valence-electron chi connectivity index (χ4n) is 4.14. The van der Waals surface area contributed by atoms with Crippen LogP contribution in [0.15, 0.2) is 24.3 Å². The number of phenols is 1. The molecule has 2 atom stereocenters. The highest BCUT2D eigenvalue weighted by molar-refractivity contribution is 6.09. The molecule has 0 spiro atoms. The second-order valence-electron chi connectivity index (χ2n) is 7.21. The van der Waals surface area contributed by atoms with Crippen LogP contribution in [0.5, 0.6) is 5.75 Å². The number of rotatable bonds is 6. The molecule has 0 aromatic heterocycles. The number of cyclic esters (lactones) is 1. The van der Waals surface area contributed by atoms with E-state index in [1.54, 1.807) is 25.1 Å². The normalized spacial score (nSPS) is 26.3. The molecule has 0 bridgehead atoms. The van der Waals surface area contributed by atoms with Crippen molar-refractivity contribution in [2.24, 2.45) is 11.8 Å². The molecule has 0 radical (unpaired) electrons. The Morgan fingerprint density at radius 2 is 2.04 bits per heavy atom. The van der Waals surface area contributed by atoms with E-state index >= 15 is 0 Å². The summed E-state index contributed by atoms with van der Waals surface area (Å²) in [6, 6.07) is 6.57. The van der Waals surface area contributed by atoms with E-state index in [1.807, 2.05) is 0 Å². The number of benzene rings is 1. The van der Waals surface area contributed by atoms with Crippen molar-refractivity contribution in [1.29, 1.82) is 0 Å². The number of hydrogen-bond acceptors (Lipinski definition) is 6. The Balaban J connectivity index is 1.92. The monoisotopic (exact) mass is 361 g/mol. The maximum Gasteiger partial charge on any atom is 0.344 e. The van der Waals surface area contributed by atoms with Crippen LogP contribution in [0.4, 0.5) is 5.69 Å². The number of phenolic OH excluding ortho intramolecular Hbond substituents is 1. The smallest absolute Gasteiger partial charge is 0.344 e. The number of para-hydroxylation sites is 2. The number of aromatic hydroxyl groups is 1. The lowest BCUT2D eigenvalue weighted by atomic mass is 9.76. The largest absolute Gasteiger partial charge is 0.506 e. The van der Waals surface area contributed by atoms with Crippen molar-refractivity contribution in [2.45, 2.75) is 51.0 Å². The summed E-state index contributed by atoms with van der Waals surface area (Å²) >= 11 is 0. The summed E-state index contributed by atoms with van der Waals surface area (Å²) in [6.07, 6.45) is 6.57. The number of ether oxygens (including phenoxy) is 2. The molecule has 6 nitrogen and oxygen atoms in total. The molecule has 1 aliphatic carbocycles. The van der Waals surface area contributed by atoms with Crippen LogP contribution in [0.25, 0.3) is 0 Å². The topological polar surface area (TPSA) is 84.9 Å². The Bertz CT molecular complexity index is 655. The van der Waals surface area contributed by atoms with E-state index in [-0.39, 0.29) is 24.9 Å². The summed E-state index contributed by atoms with van der Waals surface area (Å²) in [5, 5.41) is 13.1. The van der Waals surface area contributed by atoms with Crippen molar-refractivity contribution in [3.63, 3.8) is 0 Å². The number of esters is 2. The van der Waals surface area contributed by atoms with Crippen LogP contribution in [0.1, 0.15) is 45.4 Å². The third kappa shape index (κ3) is 3.50. The van der Waals surface area contributed by atoms with Crippen molar-refractivity contribution in [3.05, 3.63) is 24.3 Å². The van der Waals surface area contributed by atoms with Crippen LogP contribution < -0.4 is 5.32 Å². The highest BCUT2D eigenvalue weighted by atomic mass is 16.6. The Morgan fingerprint density at radius 1 is 1.31 bits per heavy atom. The lowest BCUT2D eigenvalue weighted by Gasteiger charge is -2.33. The molecule has 1 aliphatic heterocycles. The quantitative estimate of drug-likeness (QED) is 0.460. The zero-order valence-corrected chi connectivity index (χ0v) is 15.2. The van der Waals surface area contributed by atoms with Gasteiger partial charge < -0.3 is 19.9 Å². The maximum absolute atomic E-state index is 12.9. The summed E-state index contributed by atoms with van der Waals surface area (Å²) in [6.45, 7) is 2.07. The summed E-state index contributed by atoms with van der Waals surface area (Å²) in [7, 11) is 0. The Morgan fingerprint density at radius 3 is 2.73 bits per heavy atom. The maximum atomic E-state index is 12.9. The molecule has 2 N–H and O–H groups in total. The standard InChI is InChI=1S/C20H27NO5/c1-2-25-18(23)20(21-16-10-6-7-11-17(16)22)15(13-26-19(20)24)12-14-8-4-3-5-9-14/h6-7,10-11,14-15,21-22H,2-5,8-9,12-13H2,1H3/t15-,20-/m0/s1. The van der Waals surface area contributed by atoms with E-state index in [4.69, 9.17) is 9.47 Å². The number of hydrogen-bond donors (Lipinski definition) is 2. The molecule has 142 valence electrons. The van der Waals surface area contributed by atoms with Gasteiger partial charge in [0.2, 0.25) is 5.54 Å². The first-order chi connectivity index (χ1) is 12.6. The van der Waals surface area contributed by atoms with Gasteiger partial charge in [-0.15, -0.1) is 0 Å². The first-order valence-electron chi connectivity index (χ1n) is 9.48. The highest BCUT2D eigenvalue weighted by Gasteiger charge is 2.60. The first kappa shape index (κ1) is 18.5. The highest BCUT2D eigenvalue weighted by Crippen LogP contribution is 2.41. The average Bonchev–Trinajstić information content (AvgIpc) is 2.95. The van der Waals surface area contributed by atoms with E-state index < -0.39 is 17.5 Å². The summed E-state index contributed by atoms with van der Waals surface area (Å²) < 4.78 is 10.6. The van der Waals surface area contributed by atoms with Gasteiger partial charge in [0.1, 0.15) is 5.75 Å². The predicted molar refractivity (Wildman–Crippen MR) is 96.7 cm³/mol. The second-order valence-corrected chi connectivity index (χ2v) is 7.21. The molecule has 2 aliphatic rings. The molecule has 6 heteroatoms. The molecule has 2 fully saturated rings. The van der Waals surface area contributed by atoms with E-state index in [9.17, 15) is 14.7 Å². The van der Waals surface area contributed by atoms with E-state index in [0.29, 0.717) is 11.6 Å². The van der Waals surface area contributed by atoms with Crippen molar-refractivity contribution >= 4 is 17.6 Å². The van der Waals surface area contributed by atoms with Gasteiger partial charge in [0.15, 0.2) is 0 Å². The third-order valence-electron chi connectivity index (χ3n) is 5.53. The molecule has 0 unspecified atom stereocenters. The number of carbonyl (C=O) groups excluding carboxylic acids is 2. The van der Waals surface area contributed by atoms with Gasteiger partial charge in [-0.05, 0) is 31.4 Å². The Labute approximate surface area is 153 Å². The number of anilines is 1. The van der Waals surface area contributed by atoms with Gasteiger partial charge in [0.25, 0.3) is 0 Å². The first-order valence-corrected chi connectivity index (χ1v) is 9.48. The van der Waals surface area contributed by atoms with Crippen molar-refractivity contribution in [1.82, 2.24) is 0 Å². The van der Waals surface area contributed by atoms with E-state index in [0.717, 1.165) is 19.3 Å². The van der Waals surface area contributed by atoms with Gasteiger partial charge in [-0.1, -0.05) is 44.2 Å². The second kappa shape index (κ2) is 7.98. The van der Waals surface area contributed by atoms with Gasteiger partial charge in [-0.2, -0.15) is 0 Å². The lowest BCUT2D eigenvalue weighted by molar-refractivity contribution is -0.157. The molecular formula is C20H27NO5. The van der Waals surface area contributed by atoms with Crippen LogP contribution in [0, 0.1) is 11.8 Å². The number of nitrogens with one attached hydrogen (secondary N) is 1. The molecule has 1 heterocycles. The lowest BCUT2D eigenvalue weighted by Crippen LogP contribution is -2.56. The van der Waals surface area contributed by atoms with Crippen molar-refractivity contribution in [3.8, 4) is 5.75 Å². The molecule has 0 amide bonds. The van der Waals surface area contributed by atoms with Crippen molar-refractivity contribution in [2.75, 3.05) is 18.5 Å². The number of carbonyl (C=O) groups is 2. The van der Waals surface area contributed by atoms with Gasteiger partial charge in [0.05, 0.1) is 18.9 Å². The molecule has 3 rings (SSSR count). The third-order valence-corrected chi connectivity index (χ3v) is 5.53.